The van der Waals surface area contributed by atoms with Gasteiger partial charge in [-0.05, 0) is 38.2 Å². The lowest BCUT2D eigenvalue weighted by molar-refractivity contribution is -0.134. The van der Waals surface area contributed by atoms with Crippen molar-refractivity contribution in [3.8, 4) is 0 Å². The summed E-state index contributed by atoms with van der Waals surface area (Å²) in [7, 11) is 3.52. The van der Waals surface area contributed by atoms with Crippen LogP contribution in [0.2, 0.25) is 0 Å². The number of nitrogens with two attached hydrogens (primary N) is 1. The topological polar surface area (TPSA) is 67.6 Å². The predicted molar refractivity (Wildman–Crippen MR) is 102 cm³/mol. The molecule has 3 N–H and O–H groups in total. The van der Waals surface area contributed by atoms with E-state index in [1.807, 2.05) is 12.2 Å². The van der Waals surface area contributed by atoms with E-state index in [0.717, 1.165) is 5.57 Å². The Bertz CT molecular complexity index is 683. The van der Waals surface area contributed by atoms with Gasteiger partial charge in [-0.1, -0.05) is 24.3 Å². The van der Waals surface area contributed by atoms with Crippen LogP contribution in [0.1, 0.15) is 6.42 Å². The van der Waals surface area contributed by atoms with Crippen LogP contribution in [0.25, 0.3) is 0 Å². The zero-order valence-electron chi connectivity index (χ0n) is 15.7. The minimum absolute atomic E-state index is 0.0571. The van der Waals surface area contributed by atoms with Gasteiger partial charge in [0, 0.05) is 37.2 Å². The van der Waals surface area contributed by atoms with Crippen LogP contribution in [-0.2, 0) is 9.53 Å². The summed E-state index contributed by atoms with van der Waals surface area (Å²) in [6.45, 7) is 1.65. The summed E-state index contributed by atoms with van der Waals surface area (Å²) >= 11 is 0. The molecular formula is C20H27F2N3O2. The zero-order chi connectivity index (χ0) is 19.8. The molecule has 0 aromatic heterocycles. The zero-order valence-corrected chi connectivity index (χ0v) is 15.7. The first-order chi connectivity index (χ1) is 13.0. The van der Waals surface area contributed by atoms with Crippen molar-refractivity contribution in [1.82, 2.24) is 10.2 Å². The predicted octanol–water partition coefficient (Wildman–Crippen LogP) is 2.16. The monoisotopic (exact) mass is 379 g/mol. The number of hydrogen-bond acceptors (Lipinski definition) is 5. The number of rotatable bonds is 9. The number of carbonyl (C=O) groups excluding carboxylic acids is 1. The Hall–Kier alpha value is -2.09. The average Bonchev–Trinajstić information content (AvgIpc) is 2.80. The molecule has 148 valence electrons. The van der Waals surface area contributed by atoms with E-state index in [1.54, 1.807) is 31.1 Å². The SMILES string of the molecule is CNCC(CN(C)C1C=CC(F)=C(C2C=CC(CN)=CC2)C(F)=C1)OC=O. The molecule has 27 heavy (non-hydrogen) atoms. The molecule has 0 bridgehead atoms. The fraction of sp³-hybridized carbons (Fsp3) is 0.450. The third-order valence-electron chi connectivity index (χ3n) is 4.73. The van der Waals surface area contributed by atoms with Crippen molar-refractivity contribution in [2.45, 2.75) is 18.6 Å². The lowest BCUT2D eigenvalue weighted by atomic mass is 9.88. The van der Waals surface area contributed by atoms with E-state index < -0.39 is 17.7 Å². The largest absolute Gasteiger partial charge is 0.462 e. The number of carbonyl (C=O) groups is 1. The van der Waals surface area contributed by atoms with Crippen LogP contribution in [0.4, 0.5) is 8.78 Å². The van der Waals surface area contributed by atoms with Gasteiger partial charge in [0.05, 0.1) is 0 Å². The second kappa shape index (κ2) is 10.3. The Balaban J connectivity index is 2.13. The molecule has 2 aliphatic rings. The molecule has 0 aliphatic heterocycles. The molecule has 0 aromatic rings. The lowest BCUT2D eigenvalue weighted by Gasteiger charge is -2.27. The molecule has 5 nitrogen and oxygen atoms in total. The van der Waals surface area contributed by atoms with E-state index in [1.165, 1.54) is 12.2 Å². The Morgan fingerprint density at radius 3 is 2.78 bits per heavy atom. The summed E-state index contributed by atoms with van der Waals surface area (Å²) in [5.74, 6) is -1.51. The third kappa shape index (κ3) is 5.69. The summed E-state index contributed by atoms with van der Waals surface area (Å²) < 4.78 is 34.5. The van der Waals surface area contributed by atoms with Gasteiger partial charge < -0.3 is 15.8 Å². The fourth-order valence-corrected chi connectivity index (χ4v) is 3.25. The van der Waals surface area contributed by atoms with Gasteiger partial charge in [0.2, 0.25) is 0 Å². The molecule has 0 aromatic carbocycles. The maximum Gasteiger partial charge on any atom is 0.293 e. The Morgan fingerprint density at radius 2 is 2.19 bits per heavy atom. The van der Waals surface area contributed by atoms with Crippen LogP contribution in [0.3, 0.4) is 0 Å². The van der Waals surface area contributed by atoms with E-state index >= 15 is 0 Å². The van der Waals surface area contributed by atoms with E-state index in [-0.39, 0.29) is 17.6 Å². The minimum atomic E-state index is -0.574. The van der Waals surface area contributed by atoms with Crippen molar-refractivity contribution < 1.29 is 18.3 Å². The number of hydrogen-bond donors (Lipinski definition) is 2. The molecule has 0 fully saturated rings. The molecular weight excluding hydrogens is 352 g/mol. The Kier molecular flexibility index (Phi) is 8.09. The van der Waals surface area contributed by atoms with Crippen molar-refractivity contribution in [2.24, 2.45) is 11.7 Å². The van der Waals surface area contributed by atoms with Crippen LogP contribution in [0.15, 0.2) is 59.3 Å². The van der Waals surface area contributed by atoms with Gasteiger partial charge in [-0.2, -0.15) is 0 Å². The summed E-state index contributed by atoms with van der Waals surface area (Å²) in [6, 6.07) is -0.453. The van der Waals surface area contributed by atoms with Crippen LogP contribution in [0, 0.1) is 5.92 Å². The van der Waals surface area contributed by atoms with Crippen molar-refractivity contribution in [2.75, 3.05) is 33.7 Å². The van der Waals surface area contributed by atoms with Crippen molar-refractivity contribution >= 4 is 6.47 Å². The first-order valence-corrected chi connectivity index (χ1v) is 8.97. The normalized spacial score (nSPS) is 23.8. The molecule has 0 heterocycles. The number of likely N-dealkylation sites (N-methyl/N-ethyl adjacent to an activating group) is 2. The number of ether oxygens (including phenoxy) is 1. The van der Waals surface area contributed by atoms with Gasteiger partial charge in [0.15, 0.2) is 0 Å². The standard InChI is InChI=1S/C20H27F2N3O2/c1-24-11-17(27-13-26)12-25(2)16-7-8-18(21)20(19(22)9-16)15-5-3-14(10-23)4-6-15/h3-5,7-9,13,15-17,24H,6,10-12,23H2,1-2H3. The van der Waals surface area contributed by atoms with Gasteiger partial charge in [-0.15, -0.1) is 0 Å². The molecule has 7 heteroatoms. The minimum Gasteiger partial charge on any atom is -0.462 e. The second-order valence-electron chi connectivity index (χ2n) is 6.66. The van der Waals surface area contributed by atoms with Crippen LogP contribution < -0.4 is 11.1 Å². The summed E-state index contributed by atoms with van der Waals surface area (Å²) in [5.41, 5.74) is 6.62. The molecule has 0 saturated carbocycles. The van der Waals surface area contributed by atoms with E-state index in [4.69, 9.17) is 10.5 Å². The van der Waals surface area contributed by atoms with Crippen LogP contribution in [-0.4, -0.2) is 57.2 Å². The highest BCUT2D eigenvalue weighted by Crippen LogP contribution is 2.34. The third-order valence-corrected chi connectivity index (χ3v) is 4.73. The molecule has 0 spiro atoms. The number of allylic oxidation sites excluding steroid dienone is 6. The molecule has 0 amide bonds. The van der Waals surface area contributed by atoms with Gasteiger partial charge in [-0.3, -0.25) is 9.69 Å². The van der Waals surface area contributed by atoms with E-state index in [0.29, 0.717) is 32.5 Å². The van der Waals surface area contributed by atoms with Gasteiger partial charge in [-0.25, -0.2) is 8.78 Å². The second-order valence-corrected chi connectivity index (χ2v) is 6.66. The van der Waals surface area contributed by atoms with Crippen molar-refractivity contribution in [1.29, 1.82) is 0 Å². The summed E-state index contributed by atoms with van der Waals surface area (Å²) in [5, 5.41) is 2.94. The fourth-order valence-electron chi connectivity index (χ4n) is 3.25. The van der Waals surface area contributed by atoms with Gasteiger partial charge >= 0.3 is 0 Å². The molecule has 2 aliphatic carbocycles. The highest BCUT2D eigenvalue weighted by molar-refractivity contribution is 5.44. The van der Waals surface area contributed by atoms with E-state index in [2.05, 4.69) is 5.32 Å². The molecule has 2 rings (SSSR count). The summed E-state index contributed by atoms with van der Waals surface area (Å²) in [4.78, 5) is 12.4. The first kappa shape index (κ1) is 21.2. The number of nitrogens with zero attached hydrogens (tertiary/aromatic N) is 1. The lowest BCUT2D eigenvalue weighted by Crippen LogP contribution is -2.40. The Morgan fingerprint density at radius 1 is 1.41 bits per heavy atom. The quantitative estimate of drug-likeness (QED) is 0.601. The van der Waals surface area contributed by atoms with Crippen molar-refractivity contribution in [3.05, 3.63) is 59.3 Å². The molecule has 0 saturated heterocycles. The van der Waals surface area contributed by atoms with Crippen LogP contribution in [0.5, 0.6) is 0 Å². The average molecular weight is 379 g/mol. The smallest absolute Gasteiger partial charge is 0.293 e. The Labute approximate surface area is 158 Å². The molecule has 0 radical (unpaired) electrons. The van der Waals surface area contributed by atoms with Crippen molar-refractivity contribution in [3.63, 3.8) is 0 Å². The van der Waals surface area contributed by atoms with Gasteiger partial charge in [0.1, 0.15) is 17.8 Å². The highest BCUT2D eigenvalue weighted by Gasteiger charge is 2.25. The molecule has 3 unspecified atom stereocenters. The summed E-state index contributed by atoms with van der Waals surface area (Å²) in [6.07, 6.45) is 9.96. The number of nitrogens with one attached hydrogen (secondary N) is 1. The highest BCUT2D eigenvalue weighted by atomic mass is 19.1. The maximum absolute atomic E-state index is 14.9. The number of halogens is 2. The maximum atomic E-state index is 14.9. The van der Waals surface area contributed by atoms with E-state index in [9.17, 15) is 13.6 Å². The molecule has 3 atom stereocenters. The van der Waals surface area contributed by atoms with Crippen LogP contribution >= 0.6 is 0 Å². The first-order valence-electron chi connectivity index (χ1n) is 8.97. The van der Waals surface area contributed by atoms with Gasteiger partial charge in [0.25, 0.3) is 6.47 Å².